The Kier molecular flexibility index (Phi) is 5.66. The maximum Gasteiger partial charge on any atom is 0.107 e. The minimum Gasteiger partial charge on any atom is -0.383 e. The summed E-state index contributed by atoms with van der Waals surface area (Å²) in [4.78, 5) is 2.03. The van der Waals surface area contributed by atoms with Gasteiger partial charge in [0.15, 0.2) is 0 Å². The van der Waals surface area contributed by atoms with Crippen LogP contribution in [-0.4, -0.2) is 30.6 Å². The summed E-state index contributed by atoms with van der Waals surface area (Å²) < 4.78 is 0. The molecule has 2 nitrogen and oxygen atoms in total. The quantitative estimate of drug-likeness (QED) is 0.900. The first-order valence-electron chi connectivity index (χ1n) is 5.70. The predicted octanol–water partition coefficient (Wildman–Crippen LogP) is 2.90. The highest BCUT2D eigenvalue weighted by atomic mass is 35.5. The van der Waals surface area contributed by atoms with Gasteiger partial charge in [0, 0.05) is 6.54 Å². The van der Waals surface area contributed by atoms with Crippen molar-refractivity contribution in [3.8, 4) is 0 Å². The molecule has 0 bridgehead atoms. The first-order chi connectivity index (χ1) is 7.27. The van der Waals surface area contributed by atoms with Crippen molar-refractivity contribution in [1.29, 1.82) is 0 Å². The monoisotopic (exact) mass is 257 g/mol. The molecule has 1 unspecified atom stereocenters. The van der Waals surface area contributed by atoms with Gasteiger partial charge in [-0.05, 0) is 25.1 Å². The summed E-state index contributed by atoms with van der Waals surface area (Å²) in [6, 6.07) is 9.91. The Morgan fingerprint density at radius 1 is 1.06 bits per heavy atom. The van der Waals surface area contributed by atoms with E-state index in [1.807, 2.05) is 49.3 Å². The molecular formula is C14H24ClNO. The molecule has 1 rings (SSSR count). The molecule has 0 fully saturated rings. The Labute approximate surface area is 111 Å². The third-order valence-corrected chi connectivity index (χ3v) is 3.04. The van der Waals surface area contributed by atoms with Gasteiger partial charge >= 0.3 is 0 Å². The average Bonchev–Trinajstić information content (AvgIpc) is 2.16. The Morgan fingerprint density at radius 3 is 1.88 bits per heavy atom. The van der Waals surface area contributed by atoms with Gasteiger partial charge in [0.2, 0.25) is 0 Å². The molecule has 0 aliphatic carbocycles. The second-order valence-corrected chi connectivity index (χ2v) is 5.71. The van der Waals surface area contributed by atoms with Crippen LogP contribution in [0.1, 0.15) is 26.3 Å². The SMILES string of the molecule is CN(C)CC(O)(c1ccccc1)C(C)(C)C.Cl. The van der Waals surface area contributed by atoms with Crippen molar-refractivity contribution in [2.24, 2.45) is 5.41 Å². The van der Waals surface area contributed by atoms with Crippen molar-refractivity contribution < 1.29 is 5.11 Å². The Hall–Kier alpha value is -0.570. The summed E-state index contributed by atoms with van der Waals surface area (Å²) in [5.74, 6) is 0. The van der Waals surface area contributed by atoms with Crippen molar-refractivity contribution in [2.45, 2.75) is 26.4 Å². The molecule has 3 heteroatoms. The molecular weight excluding hydrogens is 234 g/mol. The van der Waals surface area contributed by atoms with Gasteiger partial charge in [0.05, 0.1) is 0 Å². The van der Waals surface area contributed by atoms with Crippen LogP contribution in [0.5, 0.6) is 0 Å². The van der Waals surface area contributed by atoms with Crippen LogP contribution in [0.3, 0.4) is 0 Å². The molecule has 0 aliphatic rings. The topological polar surface area (TPSA) is 23.5 Å². The minimum absolute atomic E-state index is 0. The van der Waals surface area contributed by atoms with Crippen LogP contribution >= 0.6 is 12.4 Å². The van der Waals surface area contributed by atoms with E-state index in [1.54, 1.807) is 0 Å². The van der Waals surface area contributed by atoms with E-state index in [-0.39, 0.29) is 17.8 Å². The van der Waals surface area contributed by atoms with Gasteiger partial charge in [-0.3, -0.25) is 0 Å². The standard InChI is InChI=1S/C14H23NO.ClH/c1-13(2,3)14(16,11-15(4)5)12-9-7-6-8-10-12;/h6-10,16H,11H2,1-5H3;1H. The largest absolute Gasteiger partial charge is 0.383 e. The molecule has 1 atom stereocenters. The third kappa shape index (κ3) is 3.70. The number of hydrogen-bond donors (Lipinski definition) is 1. The molecule has 0 spiro atoms. The lowest BCUT2D eigenvalue weighted by atomic mass is 9.72. The number of hydrogen-bond acceptors (Lipinski definition) is 2. The van der Waals surface area contributed by atoms with Gasteiger partial charge in [-0.1, -0.05) is 51.1 Å². The van der Waals surface area contributed by atoms with E-state index < -0.39 is 5.60 Å². The van der Waals surface area contributed by atoms with E-state index in [2.05, 4.69) is 20.8 Å². The van der Waals surface area contributed by atoms with Crippen LogP contribution in [0.4, 0.5) is 0 Å². The third-order valence-electron chi connectivity index (χ3n) is 3.04. The van der Waals surface area contributed by atoms with Gasteiger partial charge < -0.3 is 10.0 Å². The van der Waals surface area contributed by atoms with Crippen LogP contribution in [0, 0.1) is 5.41 Å². The van der Waals surface area contributed by atoms with Crippen molar-refractivity contribution in [2.75, 3.05) is 20.6 Å². The summed E-state index contributed by atoms with van der Waals surface area (Å²) in [6.07, 6.45) is 0. The van der Waals surface area contributed by atoms with E-state index in [1.165, 1.54) is 0 Å². The van der Waals surface area contributed by atoms with Crippen LogP contribution in [-0.2, 0) is 5.60 Å². The summed E-state index contributed by atoms with van der Waals surface area (Å²) in [7, 11) is 3.97. The van der Waals surface area contributed by atoms with E-state index in [0.717, 1.165) is 5.56 Å². The molecule has 0 saturated carbocycles. The van der Waals surface area contributed by atoms with E-state index >= 15 is 0 Å². The molecule has 98 valence electrons. The molecule has 0 radical (unpaired) electrons. The fraction of sp³-hybridized carbons (Fsp3) is 0.571. The van der Waals surface area contributed by atoms with Gasteiger partial charge in [-0.25, -0.2) is 0 Å². The molecule has 0 aromatic heterocycles. The van der Waals surface area contributed by atoms with Gasteiger partial charge in [-0.15, -0.1) is 12.4 Å². The normalized spacial score (nSPS) is 15.2. The number of rotatable bonds is 3. The molecule has 1 aromatic rings. The highest BCUT2D eigenvalue weighted by Crippen LogP contribution is 2.39. The number of aliphatic hydroxyl groups is 1. The van der Waals surface area contributed by atoms with E-state index in [4.69, 9.17) is 0 Å². The first kappa shape index (κ1) is 16.4. The molecule has 0 amide bonds. The molecule has 0 aliphatic heterocycles. The van der Waals surface area contributed by atoms with E-state index in [9.17, 15) is 5.11 Å². The van der Waals surface area contributed by atoms with E-state index in [0.29, 0.717) is 6.54 Å². The zero-order chi connectivity index (χ0) is 12.4. The molecule has 17 heavy (non-hydrogen) atoms. The highest BCUT2D eigenvalue weighted by Gasteiger charge is 2.41. The maximum absolute atomic E-state index is 10.9. The van der Waals surface area contributed by atoms with Crippen LogP contribution < -0.4 is 0 Å². The lowest BCUT2D eigenvalue weighted by Crippen LogP contribution is -2.47. The van der Waals surface area contributed by atoms with Crippen molar-refractivity contribution in [3.63, 3.8) is 0 Å². The molecule has 0 heterocycles. The Balaban J connectivity index is 0.00000256. The number of likely N-dealkylation sites (N-methyl/N-ethyl adjacent to an activating group) is 1. The number of benzene rings is 1. The molecule has 0 saturated heterocycles. The maximum atomic E-state index is 10.9. The molecule has 1 aromatic carbocycles. The van der Waals surface area contributed by atoms with Crippen molar-refractivity contribution in [3.05, 3.63) is 35.9 Å². The summed E-state index contributed by atoms with van der Waals surface area (Å²) in [6.45, 7) is 6.84. The number of nitrogens with zero attached hydrogens (tertiary/aromatic N) is 1. The summed E-state index contributed by atoms with van der Waals surface area (Å²) in [5.41, 5.74) is -0.0349. The van der Waals surface area contributed by atoms with Gasteiger partial charge in [-0.2, -0.15) is 0 Å². The average molecular weight is 258 g/mol. The van der Waals surface area contributed by atoms with Gasteiger partial charge in [0.1, 0.15) is 5.60 Å². The first-order valence-corrected chi connectivity index (χ1v) is 5.70. The van der Waals surface area contributed by atoms with Crippen molar-refractivity contribution in [1.82, 2.24) is 4.90 Å². The summed E-state index contributed by atoms with van der Waals surface area (Å²) in [5, 5.41) is 10.9. The van der Waals surface area contributed by atoms with Gasteiger partial charge in [0.25, 0.3) is 0 Å². The second-order valence-electron chi connectivity index (χ2n) is 5.71. The fourth-order valence-corrected chi connectivity index (χ4v) is 1.93. The summed E-state index contributed by atoms with van der Waals surface area (Å²) >= 11 is 0. The fourth-order valence-electron chi connectivity index (χ4n) is 1.93. The minimum atomic E-state index is -0.822. The smallest absolute Gasteiger partial charge is 0.107 e. The Bertz CT molecular complexity index is 332. The highest BCUT2D eigenvalue weighted by molar-refractivity contribution is 5.85. The lowest BCUT2D eigenvalue weighted by molar-refractivity contribution is -0.0798. The Morgan fingerprint density at radius 2 is 1.53 bits per heavy atom. The van der Waals surface area contributed by atoms with Crippen LogP contribution in [0.2, 0.25) is 0 Å². The van der Waals surface area contributed by atoms with Crippen molar-refractivity contribution >= 4 is 12.4 Å². The zero-order valence-corrected chi connectivity index (χ0v) is 12.2. The van der Waals surface area contributed by atoms with Crippen LogP contribution in [0.25, 0.3) is 0 Å². The zero-order valence-electron chi connectivity index (χ0n) is 11.4. The lowest BCUT2D eigenvalue weighted by Gasteiger charge is -2.42. The molecule has 1 N–H and O–H groups in total. The second kappa shape index (κ2) is 5.85. The predicted molar refractivity (Wildman–Crippen MR) is 75.6 cm³/mol. The number of halogens is 1. The van der Waals surface area contributed by atoms with Crippen LogP contribution in [0.15, 0.2) is 30.3 Å².